The number of fused-ring (bicyclic) bond motifs is 1. The molecule has 0 radical (unpaired) electrons. The molecule has 0 fully saturated rings. The topological polar surface area (TPSA) is 56.7 Å². The Kier molecular flexibility index (Phi) is 2.42. The lowest BCUT2D eigenvalue weighted by Gasteiger charge is -2.07. The highest BCUT2D eigenvalue weighted by Gasteiger charge is 2.15. The summed E-state index contributed by atoms with van der Waals surface area (Å²) in [7, 11) is 1.86. The van der Waals surface area contributed by atoms with Crippen LogP contribution >= 0.6 is 11.3 Å². The van der Waals surface area contributed by atoms with Gasteiger partial charge in [-0.15, -0.1) is 16.4 Å². The molecule has 3 aromatic rings. The van der Waals surface area contributed by atoms with E-state index in [9.17, 15) is 0 Å². The number of rotatable bonds is 2. The van der Waals surface area contributed by atoms with Crippen LogP contribution in [0.3, 0.4) is 0 Å². The minimum Gasteiger partial charge on any atom is -0.318 e. The molecular weight excluding hydrogens is 232 g/mol. The lowest BCUT2D eigenvalue weighted by molar-refractivity contribution is 0.654. The van der Waals surface area contributed by atoms with Gasteiger partial charge in [0.1, 0.15) is 0 Å². The fourth-order valence-electron chi connectivity index (χ4n) is 1.88. The highest BCUT2D eigenvalue weighted by Crippen LogP contribution is 2.31. The number of benzene rings is 1. The van der Waals surface area contributed by atoms with E-state index < -0.39 is 0 Å². The monoisotopic (exact) mass is 244 g/mol. The highest BCUT2D eigenvalue weighted by molar-refractivity contribution is 7.19. The Bertz CT molecular complexity index is 622. The summed E-state index contributed by atoms with van der Waals surface area (Å²) in [5.74, 6) is 0. The van der Waals surface area contributed by atoms with E-state index in [-0.39, 0.29) is 6.04 Å². The van der Waals surface area contributed by atoms with Gasteiger partial charge in [-0.2, -0.15) is 0 Å². The number of hydrogen-bond acceptors (Lipinski definition) is 4. The molecule has 0 saturated heterocycles. The van der Waals surface area contributed by atoms with E-state index in [0.717, 1.165) is 10.6 Å². The third-order valence-electron chi connectivity index (χ3n) is 2.82. The Labute approximate surface area is 103 Å². The van der Waals surface area contributed by atoms with Crippen molar-refractivity contribution in [2.24, 2.45) is 12.8 Å². The van der Waals surface area contributed by atoms with Gasteiger partial charge in [-0.1, -0.05) is 23.4 Å². The van der Waals surface area contributed by atoms with E-state index in [1.807, 2.05) is 19.2 Å². The Morgan fingerprint density at radius 3 is 2.88 bits per heavy atom. The van der Waals surface area contributed by atoms with Crippen LogP contribution in [0.1, 0.15) is 16.6 Å². The Hall–Kier alpha value is -1.72. The molecule has 3 rings (SSSR count). The second kappa shape index (κ2) is 3.94. The first-order valence-corrected chi connectivity index (χ1v) is 6.16. The van der Waals surface area contributed by atoms with Gasteiger partial charge in [-0.25, -0.2) is 0 Å². The maximum atomic E-state index is 6.24. The third kappa shape index (κ3) is 1.73. The van der Waals surface area contributed by atoms with E-state index in [0.29, 0.717) is 0 Å². The molecule has 1 atom stereocenters. The molecule has 2 aromatic heterocycles. The molecule has 4 nitrogen and oxygen atoms in total. The molecule has 86 valence electrons. The van der Waals surface area contributed by atoms with Gasteiger partial charge in [0.2, 0.25) is 0 Å². The van der Waals surface area contributed by atoms with Gasteiger partial charge in [-0.3, -0.25) is 4.68 Å². The van der Waals surface area contributed by atoms with Gasteiger partial charge >= 0.3 is 0 Å². The van der Waals surface area contributed by atoms with Gasteiger partial charge in [0.05, 0.1) is 17.9 Å². The molecule has 0 spiro atoms. The first kappa shape index (κ1) is 10.4. The predicted molar refractivity (Wildman–Crippen MR) is 68.9 cm³/mol. The zero-order chi connectivity index (χ0) is 11.8. The van der Waals surface area contributed by atoms with Gasteiger partial charge in [0.25, 0.3) is 0 Å². The van der Waals surface area contributed by atoms with Crippen LogP contribution in [-0.4, -0.2) is 15.0 Å². The zero-order valence-electron chi connectivity index (χ0n) is 9.37. The van der Waals surface area contributed by atoms with Crippen LogP contribution in [0, 0.1) is 0 Å². The largest absolute Gasteiger partial charge is 0.318 e. The number of thiophene rings is 1. The fraction of sp³-hybridized carbons (Fsp3) is 0.167. The standard InChI is InChI=1S/C12H12N4S/c1-16-9(7-14-15-16)12(13)11-6-8-4-2-3-5-10(8)17-11/h2-7,12H,13H2,1H3. The first-order chi connectivity index (χ1) is 8.25. The summed E-state index contributed by atoms with van der Waals surface area (Å²) < 4.78 is 2.97. The van der Waals surface area contributed by atoms with Crippen LogP contribution in [0.2, 0.25) is 0 Å². The summed E-state index contributed by atoms with van der Waals surface area (Å²) in [5, 5.41) is 9.00. The molecule has 2 N–H and O–H groups in total. The molecule has 0 aliphatic heterocycles. The van der Waals surface area contributed by atoms with Crippen LogP contribution in [0.5, 0.6) is 0 Å². The summed E-state index contributed by atoms with van der Waals surface area (Å²) >= 11 is 1.72. The molecule has 5 heteroatoms. The van der Waals surface area contributed by atoms with Crippen molar-refractivity contribution in [1.29, 1.82) is 0 Å². The molecule has 0 aliphatic rings. The van der Waals surface area contributed by atoms with Crippen molar-refractivity contribution in [1.82, 2.24) is 15.0 Å². The van der Waals surface area contributed by atoms with Gasteiger partial charge < -0.3 is 5.73 Å². The van der Waals surface area contributed by atoms with Crippen molar-refractivity contribution in [3.63, 3.8) is 0 Å². The van der Waals surface area contributed by atoms with Crippen LogP contribution < -0.4 is 5.73 Å². The molecule has 0 saturated carbocycles. The summed E-state index contributed by atoms with van der Waals surface area (Å²) in [6.45, 7) is 0. The lowest BCUT2D eigenvalue weighted by Crippen LogP contribution is -2.14. The van der Waals surface area contributed by atoms with Gasteiger partial charge in [0.15, 0.2) is 0 Å². The molecule has 0 bridgehead atoms. The van der Waals surface area contributed by atoms with Crippen molar-refractivity contribution in [2.75, 3.05) is 0 Å². The normalized spacial score (nSPS) is 13.1. The second-order valence-corrected chi connectivity index (χ2v) is 5.06. The van der Waals surface area contributed by atoms with Crippen molar-refractivity contribution in [3.8, 4) is 0 Å². The quantitative estimate of drug-likeness (QED) is 0.751. The zero-order valence-corrected chi connectivity index (χ0v) is 10.2. The Morgan fingerprint density at radius 2 is 2.18 bits per heavy atom. The minimum atomic E-state index is -0.160. The summed E-state index contributed by atoms with van der Waals surface area (Å²) in [6.07, 6.45) is 1.72. The molecule has 1 unspecified atom stereocenters. The predicted octanol–water partition coefficient (Wildman–Crippen LogP) is 2.08. The number of aromatic nitrogens is 3. The van der Waals surface area contributed by atoms with Crippen LogP contribution in [-0.2, 0) is 7.05 Å². The van der Waals surface area contributed by atoms with Crippen LogP contribution in [0.15, 0.2) is 36.5 Å². The maximum absolute atomic E-state index is 6.24. The average molecular weight is 244 g/mol. The average Bonchev–Trinajstić information content (AvgIpc) is 2.93. The van der Waals surface area contributed by atoms with Crippen molar-refractivity contribution < 1.29 is 0 Å². The van der Waals surface area contributed by atoms with Crippen LogP contribution in [0.25, 0.3) is 10.1 Å². The number of nitrogens with two attached hydrogens (primary N) is 1. The molecule has 2 heterocycles. The lowest BCUT2D eigenvalue weighted by atomic mass is 10.1. The number of aryl methyl sites for hydroxylation is 1. The van der Waals surface area contributed by atoms with Gasteiger partial charge in [0, 0.05) is 16.6 Å². The van der Waals surface area contributed by atoms with Gasteiger partial charge in [-0.05, 0) is 17.5 Å². The van der Waals surface area contributed by atoms with E-state index in [1.54, 1.807) is 22.2 Å². The van der Waals surface area contributed by atoms with Crippen LogP contribution in [0.4, 0.5) is 0 Å². The highest BCUT2D eigenvalue weighted by atomic mass is 32.1. The van der Waals surface area contributed by atoms with E-state index in [1.165, 1.54) is 10.1 Å². The van der Waals surface area contributed by atoms with Crippen molar-refractivity contribution >= 4 is 21.4 Å². The van der Waals surface area contributed by atoms with Crippen molar-refractivity contribution in [3.05, 3.63) is 47.1 Å². The smallest absolute Gasteiger partial charge is 0.0833 e. The van der Waals surface area contributed by atoms with E-state index in [2.05, 4.69) is 28.5 Å². The molecule has 0 amide bonds. The summed E-state index contributed by atoms with van der Waals surface area (Å²) in [4.78, 5) is 1.14. The maximum Gasteiger partial charge on any atom is 0.0833 e. The molecular formula is C12H12N4S. The van der Waals surface area contributed by atoms with E-state index in [4.69, 9.17) is 5.73 Å². The molecule has 0 aliphatic carbocycles. The third-order valence-corrected chi connectivity index (χ3v) is 4.02. The van der Waals surface area contributed by atoms with E-state index >= 15 is 0 Å². The molecule has 17 heavy (non-hydrogen) atoms. The minimum absolute atomic E-state index is 0.160. The van der Waals surface area contributed by atoms with Crippen molar-refractivity contribution in [2.45, 2.75) is 6.04 Å². The number of hydrogen-bond donors (Lipinski definition) is 1. The summed E-state index contributed by atoms with van der Waals surface area (Å²) in [6, 6.07) is 10.3. The Morgan fingerprint density at radius 1 is 1.35 bits per heavy atom. The first-order valence-electron chi connectivity index (χ1n) is 5.34. The second-order valence-electron chi connectivity index (χ2n) is 3.95. The fourth-order valence-corrected chi connectivity index (χ4v) is 2.96. The Balaban J connectivity index is 2.07. The summed E-state index contributed by atoms with van der Waals surface area (Å²) in [5.41, 5.74) is 7.16. The SMILES string of the molecule is Cn1nncc1C(N)c1cc2ccccc2s1. The number of nitrogens with zero attached hydrogens (tertiary/aromatic N) is 3. The molecule has 1 aromatic carbocycles.